The van der Waals surface area contributed by atoms with Crippen LogP contribution in [-0.4, -0.2) is 35.4 Å². The van der Waals surface area contributed by atoms with Crippen LogP contribution in [0.3, 0.4) is 0 Å². The minimum Gasteiger partial charge on any atom is -0.462 e. The number of benzene rings is 1. The first-order valence-electron chi connectivity index (χ1n) is 4.94. The number of thiocarbonyl (C=S) groups is 1. The largest absolute Gasteiger partial charge is 0.462 e. The summed E-state index contributed by atoms with van der Waals surface area (Å²) in [6, 6.07) is 6.47. The quantitative estimate of drug-likeness (QED) is 0.484. The number of halogens is 1. The zero-order valence-corrected chi connectivity index (χ0v) is 12.3. The third kappa shape index (κ3) is 6.20. The van der Waals surface area contributed by atoms with Gasteiger partial charge in [0.15, 0.2) is 0 Å². The maximum atomic E-state index is 11.5. The second kappa shape index (κ2) is 7.58. The number of rotatable bonds is 3. The Hall–Kier alpha value is -0.820. The molecule has 0 aliphatic carbocycles. The molecule has 0 amide bonds. The Morgan fingerprint density at radius 1 is 1.39 bits per heavy atom. The zero-order chi connectivity index (χ0) is 13.5. The van der Waals surface area contributed by atoms with E-state index in [0.717, 1.165) is 11.8 Å². The van der Waals surface area contributed by atoms with Crippen LogP contribution in [0.4, 0.5) is 4.79 Å². The molecule has 0 heterocycles. The molecule has 0 aliphatic rings. The fourth-order valence-electron chi connectivity index (χ4n) is 0.899. The molecular formula is C11H12ClNO3S2. The lowest BCUT2D eigenvalue weighted by atomic mass is 10.3. The molecule has 7 heteroatoms. The number of ether oxygens (including phenoxy) is 2. The van der Waals surface area contributed by atoms with Crippen LogP contribution in [0.15, 0.2) is 24.3 Å². The van der Waals surface area contributed by atoms with Crippen LogP contribution in [0.1, 0.15) is 0 Å². The standard InChI is InChI=1S/C11H12ClNO3S2/c1-13(2)7-15-11(17)18-10(14)16-9-5-3-8(12)4-6-9/h3-6H,7H2,1-2H3. The smallest absolute Gasteiger partial charge is 0.381 e. The van der Waals surface area contributed by atoms with Crippen LogP contribution < -0.4 is 4.74 Å². The maximum Gasteiger partial charge on any atom is 0.381 e. The topological polar surface area (TPSA) is 38.8 Å². The molecule has 0 radical (unpaired) electrons. The molecule has 98 valence electrons. The third-order valence-electron chi connectivity index (χ3n) is 1.62. The summed E-state index contributed by atoms with van der Waals surface area (Å²) in [4.78, 5) is 13.3. The van der Waals surface area contributed by atoms with E-state index in [4.69, 9.17) is 33.3 Å². The Morgan fingerprint density at radius 3 is 2.56 bits per heavy atom. The molecule has 1 aromatic carbocycles. The van der Waals surface area contributed by atoms with Crippen LogP contribution in [0.25, 0.3) is 0 Å². The minimum absolute atomic E-state index is 0.127. The van der Waals surface area contributed by atoms with Gasteiger partial charge in [0.1, 0.15) is 12.5 Å². The monoisotopic (exact) mass is 305 g/mol. The number of hydrogen-bond donors (Lipinski definition) is 0. The number of carbonyl (C=O) groups is 1. The van der Waals surface area contributed by atoms with E-state index >= 15 is 0 Å². The lowest BCUT2D eigenvalue weighted by Gasteiger charge is -2.11. The first kappa shape index (κ1) is 15.2. The minimum atomic E-state index is -0.541. The summed E-state index contributed by atoms with van der Waals surface area (Å²) in [6.45, 7) is 0.320. The Kier molecular flexibility index (Phi) is 6.42. The van der Waals surface area contributed by atoms with Gasteiger partial charge in [-0.3, -0.25) is 4.90 Å². The molecule has 0 spiro atoms. The highest BCUT2D eigenvalue weighted by Crippen LogP contribution is 2.19. The van der Waals surface area contributed by atoms with Crippen LogP contribution in [-0.2, 0) is 4.74 Å². The molecule has 0 unspecified atom stereocenters. The predicted octanol–water partition coefficient (Wildman–Crippen LogP) is 3.39. The van der Waals surface area contributed by atoms with Crippen molar-refractivity contribution >= 4 is 45.3 Å². The van der Waals surface area contributed by atoms with E-state index in [1.807, 2.05) is 14.1 Å². The lowest BCUT2D eigenvalue weighted by Crippen LogP contribution is -2.18. The van der Waals surface area contributed by atoms with E-state index in [2.05, 4.69) is 0 Å². The van der Waals surface area contributed by atoms with Gasteiger partial charge in [0, 0.05) is 16.8 Å². The molecule has 0 fully saturated rings. The van der Waals surface area contributed by atoms with Crippen molar-refractivity contribution in [1.82, 2.24) is 4.90 Å². The second-order valence-corrected chi connectivity index (χ2v) is 5.49. The van der Waals surface area contributed by atoms with Crippen molar-refractivity contribution in [1.29, 1.82) is 0 Å². The molecule has 1 aromatic rings. The van der Waals surface area contributed by atoms with Gasteiger partial charge in [0.25, 0.3) is 0 Å². The van der Waals surface area contributed by atoms with Crippen molar-refractivity contribution in [2.75, 3.05) is 20.8 Å². The number of nitrogens with zero attached hydrogens (tertiary/aromatic N) is 1. The molecule has 0 saturated heterocycles. The molecule has 0 N–H and O–H groups in total. The highest BCUT2D eigenvalue weighted by atomic mass is 35.5. The summed E-state index contributed by atoms with van der Waals surface area (Å²) in [5.74, 6) is 0.410. The van der Waals surface area contributed by atoms with E-state index in [0.29, 0.717) is 17.5 Å². The number of thioether (sulfide) groups is 1. The molecule has 0 bridgehead atoms. The van der Waals surface area contributed by atoms with E-state index in [9.17, 15) is 4.79 Å². The van der Waals surface area contributed by atoms with Gasteiger partial charge < -0.3 is 9.47 Å². The predicted molar refractivity (Wildman–Crippen MR) is 77.3 cm³/mol. The van der Waals surface area contributed by atoms with Gasteiger partial charge in [-0.1, -0.05) is 11.6 Å². The molecule has 0 aliphatic heterocycles. The molecule has 0 aromatic heterocycles. The van der Waals surface area contributed by atoms with Gasteiger partial charge in [0.05, 0.1) is 0 Å². The SMILES string of the molecule is CN(C)COC(=S)SC(=O)Oc1ccc(Cl)cc1. The van der Waals surface area contributed by atoms with Crippen molar-refractivity contribution in [3.63, 3.8) is 0 Å². The van der Waals surface area contributed by atoms with Crippen molar-refractivity contribution in [3.8, 4) is 5.75 Å². The van der Waals surface area contributed by atoms with Crippen molar-refractivity contribution in [2.45, 2.75) is 0 Å². The van der Waals surface area contributed by atoms with Gasteiger partial charge in [0.2, 0.25) is 4.38 Å². The third-order valence-corrected chi connectivity index (χ3v) is 2.78. The van der Waals surface area contributed by atoms with Crippen molar-refractivity contribution < 1.29 is 14.3 Å². The molecule has 18 heavy (non-hydrogen) atoms. The maximum absolute atomic E-state index is 11.5. The van der Waals surface area contributed by atoms with Crippen molar-refractivity contribution in [3.05, 3.63) is 29.3 Å². The van der Waals surface area contributed by atoms with Gasteiger partial charge in [-0.2, -0.15) is 0 Å². The van der Waals surface area contributed by atoms with Gasteiger partial charge in [-0.05, 0) is 50.6 Å². The lowest BCUT2D eigenvalue weighted by molar-refractivity contribution is 0.178. The summed E-state index contributed by atoms with van der Waals surface area (Å²) in [5.41, 5.74) is 0. The molecule has 4 nitrogen and oxygen atoms in total. The van der Waals surface area contributed by atoms with Crippen LogP contribution in [0.5, 0.6) is 5.75 Å². The first-order valence-corrected chi connectivity index (χ1v) is 6.54. The first-order chi connectivity index (χ1) is 8.47. The molecule has 1 rings (SSSR count). The van der Waals surface area contributed by atoms with E-state index in [1.165, 1.54) is 0 Å². The fourth-order valence-corrected chi connectivity index (χ4v) is 1.67. The molecular weight excluding hydrogens is 294 g/mol. The Morgan fingerprint density at radius 2 is 2.00 bits per heavy atom. The Balaban J connectivity index is 2.37. The van der Waals surface area contributed by atoms with Crippen LogP contribution in [0, 0.1) is 0 Å². The van der Waals surface area contributed by atoms with E-state index in [1.54, 1.807) is 29.2 Å². The number of carbonyl (C=O) groups excluding carboxylic acids is 1. The molecule has 0 saturated carbocycles. The number of hydrogen-bond acceptors (Lipinski definition) is 6. The summed E-state index contributed by atoms with van der Waals surface area (Å²) < 4.78 is 10.3. The highest BCUT2D eigenvalue weighted by molar-refractivity contribution is 8.32. The second-order valence-electron chi connectivity index (χ2n) is 3.51. The normalized spacial score (nSPS) is 10.2. The average Bonchev–Trinajstić information content (AvgIpc) is 2.29. The summed E-state index contributed by atoms with van der Waals surface area (Å²) in [6.07, 6.45) is 0. The Bertz CT molecular complexity index is 423. The van der Waals surface area contributed by atoms with Crippen LogP contribution in [0.2, 0.25) is 5.02 Å². The van der Waals surface area contributed by atoms with Gasteiger partial charge >= 0.3 is 5.30 Å². The fraction of sp³-hybridized carbons (Fsp3) is 0.273. The van der Waals surface area contributed by atoms with Crippen molar-refractivity contribution in [2.24, 2.45) is 0 Å². The van der Waals surface area contributed by atoms with Gasteiger partial charge in [-0.25, -0.2) is 4.79 Å². The molecule has 0 atom stereocenters. The Labute approximate surface area is 120 Å². The highest BCUT2D eigenvalue weighted by Gasteiger charge is 2.11. The summed E-state index contributed by atoms with van der Waals surface area (Å²) in [7, 11) is 3.67. The van der Waals surface area contributed by atoms with E-state index in [-0.39, 0.29) is 4.38 Å². The summed E-state index contributed by atoms with van der Waals surface area (Å²) >= 11 is 11.3. The van der Waals surface area contributed by atoms with Crippen LogP contribution >= 0.6 is 35.6 Å². The van der Waals surface area contributed by atoms with E-state index < -0.39 is 5.30 Å². The zero-order valence-electron chi connectivity index (χ0n) is 9.88. The summed E-state index contributed by atoms with van der Waals surface area (Å²) in [5, 5.41) is 0.0355. The average molecular weight is 306 g/mol. The van der Waals surface area contributed by atoms with Gasteiger partial charge in [-0.15, -0.1) is 0 Å².